The highest BCUT2D eigenvalue weighted by Gasteiger charge is 2.13. The lowest BCUT2D eigenvalue weighted by molar-refractivity contribution is -0.120. The van der Waals surface area contributed by atoms with Crippen molar-refractivity contribution >= 4 is 16.9 Å². The molecule has 0 saturated heterocycles. The van der Waals surface area contributed by atoms with Crippen molar-refractivity contribution in [2.24, 2.45) is 5.92 Å². The first kappa shape index (κ1) is 16.2. The Morgan fingerprint density at radius 1 is 1.33 bits per heavy atom. The topological polar surface area (TPSA) is 73.0 Å². The summed E-state index contributed by atoms with van der Waals surface area (Å²) >= 11 is 0. The molecular formula is C18H22N4O2. The molecule has 126 valence electrons. The van der Waals surface area contributed by atoms with E-state index in [0.717, 1.165) is 23.3 Å². The second-order valence-electron chi connectivity index (χ2n) is 6.32. The second kappa shape index (κ2) is 6.86. The van der Waals surface area contributed by atoms with Crippen molar-refractivity contribution in [1.29, 1.82) is 0 Å². The highest BCUT2D eigenvalue weighted by Crippen LogP contribution is 2.18. The Labute approximate surface area is 140 Å². The lowest BCUT2D eigenvalue weighted by Crippen LogP contribution is -2.31. The smallest absolute Gasteiger partial charge is 0.226 e. The SMILES string of the molecule is Cc1cc(C)n(CC(C)CNC(=O)Cc2noc3ccccc23)n1. The quantitative estimate of drug-likeness (QED) is 0.756. The zero-order valence-corrected chi connectivity index (χ0v) is 14.2. The lowest BCUT2D eigenvalue weighted by atomic mass is 10.1. The Bertz CT molecular complexity index is 850. The number of fused-ring (bicyclic) bond motifs is 1. The first-order valence-corrected chi connectivity index (χ1v) is 8.14. The van der Waals surface area contributed by atoms with Gasteiger partial charge in [0.15, 0.2) is 5.58 Å². The van der Waals surface area contributed by atoms with E-state index in [4.69, 9.17) is 4.52 Å². The Morgan fingerprint density at radius 3 is 2.88 bits per heavy atom. The molecule has 0 aliphatic heterocycles. The number of nitrogens with one attached hydrogen (secondary N) is 1. The maximum absolute atomic E-state index is 12.2. The molecule has 6 nitrogen and oxygen atoms in total. The molecule has 0 aliphatic carbocycles. The van der Waals surface area contributed by atoms with Gasteiger partial charge in [0.05, 0.1) is 12.1 Å². The maximum Gasteiger partial charge on any atom is 0.226 e. The van der Waals surface area contributed by atoms with Gasteiger partial charge in [-0.25, -0.2) is 0 Å². The fourth-order valence-electron chi connectivity index (χ4n) is 2.79. The molecule has 6 heteroatoms. The summed E-state index contributed by atoms with van der Waals surface area (Å²) in [6.45, 7) is 7.52. The van der Waals surface area contributed by atoms with Crippen LogP contribution in [0.5, 0.6) is 0 Å². The number of amides is 1. The van der Waals surface area contributed by atoms with Gasteiger partial charge in [0.2, 0.25) is 5.91 Å². The second-order valence-corrected chi connectivity index (χ2v) is 6.32. The molecule has 0 aliphatic rings. The average Bonchev–Trinajstić information content (AvgIpc) is 3.09. The average molecular weight is 326 g/mol. The minimum absolute atomic E-state index is 0.0470. The summed E-state index contributed by atoms with van der Waals surface area (Å²) in [5.41, 5.74) is 3.54. The standard InChI is InChI=1S/C18H22N4O2/c1-12(11-22-14(3)8-13(2)20-22)10-19-18(23)9-16-15-6-4-5-7-17(15)24-21-16/h4-8,12H,9-11H2,1-3H3,(H,19,23). The summed E-state index contributed by atoms with van der Waals surface area (Å²) < 4.78 is 7.21. The number of carbonyl (C=O) groups is 1. The van der Waals surface area contributed by atoms with Gasteiger partial charge in [-0.15, -0.1) is 0 Å². The van der Waals surface area contributed by atoms with Crippen LogP contribution >= 0.6 is 0 Å². The molecule has 1 unspecified atom stereocenters. The summed E-state index contributed by atoms with van der Waals surface area (Å²) in [6.07, 6.45) is 0.226. The van der Waals surface area contributed by atoms with Crippen molar-refractivity contribution < 1.29 is 9.32 Å². The van der Waals surface area contributed by atoms with Gasteiger partial charge in [-0.3, -0.25) is 9.48 Å². The van der Waals surface area contributed by atoms with Gasteiger partial charge in [-0.2, -0.15) is 5.10 Å². The summed E-state index contributed by atoms with van der Waals surface area (Å²) in [7, 11) is 0. The van der Waals surface area contributed by atoms with Crippen LogP contribution in [-0.4, -0.2) is 27.4 Å². The molecule has 3 aromatic rings. The van der Waals surface area contributed by atoms with Crippen LogP contribution in [0.4, 0.5) is 0 Å². The normalized spacial score (nSPS) is 12.5. The number of rotatable bonds is 6. The van der Waals surface area contributed by atoms with Crippen molar-refractivity contribution in [3.05, 3.63) is 47.4 Å². The third kappa shape index (κ3) is 3.64. The lowest BCUT2D eigenvalue weighted by Gasteiger charge is -2.13. The first-order valence-electron chi connectivity index (χ1n) is 8.14. The van der Waals surface area contributed by atoms with Crippen molar-refractivity contribution in [2.75, 3.05) is 6.54 Å². The number of aromatic nitrogens is 3. The molecule has 1 amide bonds. The van der Waals surface area contributed by atoms with E-state index < -0.39 is 0 Å². The van der Waals surface area contributed by atoms with E-state index in [1.807, 2.05) is 42.8 Å². The number of hydrogen-bond acceptors (Lipinski definition) is 4. The van der Waals surface area contributed by atoms with E-state index in [2.05, 4.69) is 28.6 Å². The van der Waals surface area contributed by atoms with Gasteiger partial charge in [0, 0.05) is 24.2 Å². The van der Waals surface area contributed by atoms with E-state index >= 15 is 0 Å². The Morgan fingerprint density at radius 2 is 2.12 bits per heavy atom. The van der Waals surface area contributed by atoms with E-state index in [-0.39, 0.29) is 12.3 Å². The predicted molar refractivity (Wildman–Crippen MR) is 91.6 cm³/mol. The molecule has 0 spiro atoms. The van der Waals surface area contributed by atoms with Gasteiger partial charge in [0.25, 0.3) is 0 Å². The van der Waals surface area contributed by atoms with Crippen molar-refractivity contribution in [1.82, 2.24) is 20.3 Å². The summed E-state index contributed by atoms with van der Waals surface area (Å²) in [5, 5.41) is 12.3. The number of hydrogen-bond donors (Lipinski definition) is 1. The van der Waals surface area contributed by atoms with Crippen molar-refractivity contribution in [2.45, 2.75) is 33.7 Å². The molecule has 0 saturated carbocycles. The molecule has 0 bridgehead atoms. The molecule has 24 heavy (non-hydrogen) atoms. The van der Waals surface area contributed by atoms with E-state index in [1.54, 1.807) is 0 Å². The van der Waals surface area contributed by atoms with E-state index in [9.17, 15) is 4.79 Å². The fourth-order valence-corrected chi connectivity index (χ4v) is 2.79. The molecule has 1 N–H and O–H groups in total. The number of aryl methyl sites for hydroxylation is 2. The molecular weight excluding hydrogens is 304 g/mol. The maximum atomic E-state index is 12.2. The van der Waals surface area contributed by atoms with Crippen LogP contribution in [0.25, 0.3) is 11.0 Å². The van der Waals surface area contributed by atoms with Gasteiger partial charge in [-0.1, -0.05) is 24.2 Å². The zero-order valence-electron chi connectivity index (χ0n) is 14.2. The first-order chi connectivity index (χ1) is 11.5. The summed E-state index contributed by atoms with van der Waals surface area (Å²) in [4.78, 5) is 12.2. The Hall–Kier alpha value is -2.63. The molecule has 2 aromatic heterocycles. The fraction of sp³-hybridized carbons (Fsp3) is 0.389. The van der Waals surface area contributed by atoms with Gasteiger partial charge in [-0.05, 0) is 38.0 Å². The van der Waals surface area contributed by atoms with Crippen molar-refractivity contribution in [3.63, 3.8) is 0 Å². The zero-order chi connectivity index (χ0) is 17.1. The van der Waals surface area contributed by atoms with Gasteiger partial charge < -0.3 is 9.84 Å². The number of para-hydroxylation sites is 1. The minimum Gasteiger partial charge on any atom is -0.356 e. The van der Waals surface area contributed by atoms with Gasteiger partial charge >= 0.3 is 0 Å². The third-order valence-corrected chi connectivity index (χ3v) is 4.02. The number of nitrogens with zero attached hydrogens (tertiary/aromatic N) is 3. The van der Waals surface area contributed by atoms with Crippen LogP contribution < -0.4 is 5.32 Å². The largest absolute Gasteiger partial charge is 0.356 e. The Balaban J connectivity index is 1.53. The van der Waals surface area contributed by atoms with Gasteiger partial charge in [0.1, 0.15) is 5.69 Å². The van der Waals surface area contributed by atoms with Crippen LogP contribution in [0.2, 0.25) is 0 Å². The van der Waals surface area contributed by atoms with Crippen LogP contribution in [-0.2, 0) is 17.8 Å². The van der Waals surface area contributed by atoms with Crippen LogP contribution in [0.1, 0.15) is 24.0 Å². The Kier molecular flexibility index (Phi) is 4.64. The molecule has 0 fully saturated rings. The number of carbonyl (C=O) groups excluding carboxylic acids is 1. The monoisotopic (exact) mass is 326 g/mol. The van der Waals surface area contributed by atoms with Crippen molar-refractivity contribution in [3.8, 4) is 0 Å². The molecule has 2 heterocycles. The van der Waals surface area contributed by atoms with Crippen LogP contribution in [0.15, 0.2) is 34.9 Å². The molecule has 3 rings (SSSR count). The van der Waals surface area contributed by atoms with E-state index in [1.165, 1.54) is 0 Å². The molecule has 1 aromatic carbocycles. The molecule has 0 radical (unpaired) electrons. The third-order valence-electron chi connectivity index (χ3n) is 4.02. The van der Waals surface area contributed by atoms with Crippen LogP contribution in [0.3, 0.4) is 0 Å². The highest BCUT2D eigenvalue weighted by molar-refractivity contribution is 5.86. The summed E-state index contributed by atoms with van der Waals surface area (Å²) in [6, 6.07) is 9.62. The minimum atomic E-state index is -0.0470. The molecule has 1 atom stereocenters. The highest BCUT2D eigenvalue weighted by atomic mass is 16.5. The van der Waals surface area contributed by atoms with E-state index in [0.29, 0.717) is 23.7 Å². The number of benzene rings is 1. The van der Waals surface area contributed by atoms with Crippen LogP contribution in [0, 0.1) is 19.8 Å². The summed E-state index contributed by atoms with van der Waals surface area (Å²) in [5.74, 6) is 0.246. The predicted octanol–water partition coefficient (Wildman–Crippen LogP) is 2.64.